The van der Waals surface area contributed by atoms with E-state index in [1.54, 1.807) is 9.80 Å². The lowest BCUT2D eigenvalue weighted by Crippen LogP contribution is -2.51. The number of carbonyl (C=O) groups excluding carboxylic acids is 2. The molecule has 2 aromatic carbocycles. The van der Waals surface area contributed by atoms with Gasteiger partial charge in [0.2, 0.25) is 5.91 Å². The van der Waals surface area contributed by atoms with Crippen LogP contribution in [0.4, 0.5) is 5.69 Å². The quantitative estimate of drug-likeness (QED) is 0.478. The van der Waals surface area contributed by atoms with Crippen molar-refractivity contribution >= 4 is 35.0 Å². The molecule has 34 heavy (non-hydrogen) atoms. The van der Waals surface area contributed by atoms with E-state index >= 15 is 0 Å². The number of hydrogen-bond donors (Lipinski definition) is 0. The third-order valence-electron chi connectivity index (χ3n) is 6.13. The normalized spacial score (nSPS) is 17.4. The van der Waals surface area contributed by atoms with Crippen LogP contribution in [0.15, 0.2) is 64.5 Å². The van der Waals surface area contributed by atoms with Crippen LogP contribution in [0.1, 0.15) is 30.0 Å². The minimum atomic E-state index is -0.288. The molecule has 0 N–H and O–H groups in total. The van der Waals surface area contributed by atoms with Gasteiger partial charge in [0.05, 0.1) is 5.70 Å². The van der Waals surface area contributed by atoms with Crippen molar-refractivity contribution in [1.29, 1.82) is 5.26 Å². The molecule has 0 aromatic heterocycles. The van der Waals surface area contributed by atoms with Crippen LogP contribution in [0.3, 0.4) is 0 Å². The van der Waals surface area contributed by atoms with E-state index in [4.69, 9.17) is 0 Å². The number of nitriles is 1. The average Bonchev–Trinajstić information content (AvgIpc) is 3.29. The van der Waals surface area contributed by atoms with Gasteiger partial charge in [-0.2, -0.15) is 5.26 Å². The highest BCUT2D eigenvalue weighted by Gasteiger charge is 2.33. The Hall–Kier alpha value is -3.50. The van der Waals surface area contributed by atoms with Crippen LogP contribution in [0.25, 0.3) is 5.70 Å². The molecule has 6 nitrogen and oxygen atoms in total. The van der Waals surface area contributed by atoms with E-state index < -0.39 is 0 Å². The van der Waals surface area contributed by atoms with Crippen LogP contribution >= 0.6 is 11.8 Å². The highest BCUT2D eigenvalue weighted by atomic mass is 32.2. The van der Waals surface area contributed by atoms with E-state index in [1.165, 1.54) is 17.3 Å². The zero-order valence-electron chi connectivity index (χ0n) is 19.7. The van der Waals surface area contributed by atoms with Crippen molar-refractivity contribution in [3.63, 3.8) is 0 Å². The average molecular weight is 473 g/mol. The number of amides is 2. The number of piperazine rings is 1. The van der Waals surface area contributed by atoms with E-state index in [0.29, 0.717) is 37.6 Å². The van der Waals surface area contributed by atoms with Gasteiger partial charge in [0.15, 0.2) is 0 Å². The molecule has 0 saturated carbocycles. The Morgan fingerprint density at radius 1 is 0.912 bits per heavy atom. The van der Waals surface area contributed by atoms with E-state index in [9.17, 15) is 14.9 Å². The molecule has 2 aromatic rings. The summed E-state index contributed by atoms with van der Waals surface area (Å²) in [5, 5.41) is 12.7. The second-order valence-corrected chi connectivity index (χ2v) is 9.33. The van der Waals surface area contributed by atoms with Crippen molar-refractivity contribution in [3.05, 3.63) is 81.2 Å². The maximum Gasteiger partial charge on any atom is 0.267 e. The molecule has 7 heteroatoms. The molecule has 4 rings (SSSR count). The molecule has 2 aliphatic heterocycles. The third kappa shape index (κ3) is 4.73. The van der Waals surface area contributed by atoms with Crippen LogP contribution < -0.4 is 4.90 Å². The Morgan fingerprint density at radius 2 is 1.47 bits per heavy atom. The molecule has 0 bridgehead atoms. The van der Waals surface area contributed by atoms with E-state index in [-0.39, 0.29) is 17.4 Å². The fourth-order valence-corrected chi connectivity index (χ4v) is 5.12. The van der Waals surface area contributed by atoms with Gasteiger partial charge in [-0.15, -0.1) is 0 Å². The number of nitrogens with zero attached hydrogens (tertiary/aromatic N) is 4. The van der Waals surface area contributed by atoms with Gasteiger partial charge in [0.1, 0.15) is 16.7 Å². The highest BCUT2D eigenvalue weighted by molar-refractivity contribution is 8.06. The number of thioether (sulfide) groups is 1. The van der Waals surface area contributed by atoms with Gasteiger partial charge in [-0.05, 0) is 31.5 Å². The highest BCUT2D eigenvalue weighted by Crippen LogP contribution is 2.44. The lowest BCUT2D eigenvalue weighted by Gasteiger charge is -2.35. The Balaban J connectivity index is 1.68. The second-order valence-electron chi connectivity index (χ2n) is 8.48. The number of rotatable bonds is 4. The third-order valence-corrected chi connectivity index (χ3v) is 7.08. The molecule has 2 heterocycles. The summed E-state index contributed by atoms with van der Waals surface area (Å²) in [6, 6.07) is 18.5. The van der Waals surface area contributed by atoms with Crippen LogP contribution in [0, 0.1) is 25.2 Å². The second kappa shape index (κ2) is 10.2. The maximum absolute atomic E-state index is 13.5. The summed E-state index contributed by atoms with van der Waals surface area (Å²) in [6.07, 6.45) is 0.455. The van der Waals surface area contributed by atoms with Crippen LogP contribution in [-0.4, -0.2) is 47.8 Å². The van der Waals surface area contributed by atoms with Crippen LogP contribution in [-0.2, 0) is 9.59 Å². The van der Waals surface area contributed by atoms with Crippen molar-refractivity contribution in [2.45, 2.75) is 27.2 Å². The van der Waals surface area contributed by atoms with Crippen molar-refractivity contribution in [3.8, 4) is 6.07 Å². The molecule has 1 saturated heterocycles. The van der Waals surface area contributed by atoms with Gasteiger partial charge in [-0.3, -0.25) is 9.59 Å². The smallest absolute Gasteiger partial charge is 0.267 e. The largest absolute Gasteiger partial charge is 0.339 e. The first-order valence-electron chi connectivity index (χ1n) is 11.4. The molecule has 0 radical (unpaired) electrons. The summed E-state index contributed by atoms with van der Waals surface area (Å²) in [7, 11) is 0. The standard InChI is InChI=1S/C27H28N4O2S/c1-4-25(32)29-13-15-30(16-14-29)26(33)23(17-28)27-31(22-11-7-20(3)8-12-22)24(18-34-27)21-9-5-19(2)6-10-21/h5-12,18H,4,13-16H2,1-3H3. The first-order valence-corrected chi connectivity index (χ1v) is 12.3. The monoisotopic (exact) mass is 472 g/mol. The lowest BCUT2D eigenvalue weighted by molar-refractivity contribution is -0.137. The van der Waals surface area contributed by atoms with Crippen LogP contribution in [0.5, 0.6) is 0 Å². The minimum absolute atomic E-state index is 0.0924. The molecule has 0 atom stereocenters. The number of anilines is 1. The molecule has 2 aliphatic rings. The van der Waals surface area contributed by atoms with Gasteiger partial charge < -0.3 is 14.7 Å². The summed E-state index contributed by atoms with van der Waals surface area (Å²) in [5.74, 6) is -0.195. The predicted molar refractivity (Wildman–Crippen MR) is 136 cm³/mol. The van der Waals surface area contributed by atoms with Crippen LogP contribution in [0.2, 0.25) is 0 Å². The van der Waals surface area contributed by atoms with Crippen molar-refractivity contribution in [2.24, 2.45) is 0 Å². The maximum atomic E-state index is 13.5. The molecular weight excluding hydrogens is 444 g/mol. The number of carbonyl (C=O) groups is 2. The van der Waals surface area contributed by atoms with Gasteiger partial charge in [0, 0.05) is 43.7 Å². The Morgan fingerprint density at radius 3 is 2.03 bits per heavy atom. The van der Waals surface area contributed by atoms with Gasteiger partial charge in [0.25, 0.3) is 5.91 Å². The van der Waals surface area contributed by atoms with E-state index in [2.05, 4.69) is 30.3 Å². The molecule has 2 amide bonds. The van der Waals surface area contributed by atoms with Gasteiger partial charge in [-0.25, -0.2) is 0 Å². The van der Waals surface area contributed by atoms with Crippen molar-refractivity contribution in [1.82, 2.24) is 9.80 Å². The fourth-order valence-electron chi connectivity index (χ4n) is 4.10. The summed E-state index contributed by atoms with van der Waals surface area (Å²) >= 11 is 1.40. The zero-order chi connectivity index (χ0) is 24.2. The molecule has 1 fully saturated rings. The Labute approximate surface area is 205 Å². The minimum Gasteiger partial charge on any atom is -0.339 e. The topological polar surface area (TPSA) is 67.6 Å². The first-order chi connectivity index (χ1) is 16.4. The van der Waals surface area contributed by atoms with E-state index in [0.717, 1.165) is 22.5 Å². The zero-order valence-corrected chi connectivity index (χ0v) is 20.6. The van der Waals surface area contributed by atoms with Crippen molar-refractivity contribution in [2.75, 3.05) is 31.1 Å². The molecule has 0 aliphatic carbocycles. The number of hydrogen-bond acceptors (Lipinski definition) is 5. The SMILES string of the molecule is CCC(=O)N1CCN(C(=O)C(C#N)=C2SC=C(c3ccc(C)cc3)N2c2ccc(C)cc2)CC1. The Kier molecular flexibility index (Phi) is 7.09. The number of benzene rings is 2. The fraction of sp³-hybridized carbons (Fsp3) is 0.296. The summed E-state index contributed by atoms with van der Waals surface area (Å²) < 4.78 is 0. The van der Waals surface area contributed by atoms with E-state index in [1.807, 2.05) is 55.3 Å². The summed E-state index contributed by atoms with van der Waals surface area (Å²) in [6.45, 7) is 7.76. The summed E-state index contributed by atoms with van der Waals surface area (Å²) in [4.78, 5) is 30.9. The molecular formula is C27H28N4O2S. The summed E-state index contributed by atoms with van der Waals surface area (Å²) in [5.41, 5.74) is 5.28. The molecule has 0 unspecified atom stereocenters. The van der Waals surface area contributed by atoms with Gasteiger partial charge >= 0.3 is 0 Å². The first kappa shape index (κ1) is 23.7. The lowest BCUT2D eigenvalue weighted by atomic mass is 10.1. The Bertz CT molecular complexity index is 1180. The van der Waals surface area contributed by atoms with Crippen molar-refractivity contribution < 1.29 is 9.59 Å². The molecule has 0 spiro atoms. The van der Waals surface area contributed by atoms with Gasteiger partial charge in [-0.1, -0.05) is 66.2 Å². The predicted octanol–water partition coefficient (Wildman–Crippen LogP) is 4.67. The molecule has 174 valence electrons. The number of aryl methyl sites for hydroxylation is 2.